The molecule has 0 aliphatic carbocycles. The van der Waals surface area contributed by atoms with Crippen LogP contribution in [0.2, 0.25) is 33.2 Å². The molecule has 0 bridgehead atoms. The summed E-state index contributed by atoms with van der Waals surface area (Å²) >= 11 is 0. The molecule has 1 heterocycles. The molecule has 1 fully saturated rings. The maximum Gasteiger partial charge on any atom is 0.328 e. The van der Waals surface area contributed by atoms with Gasteiger partial charge in [-0.05, 0) is 62.3 Å². The molecule has 0 N–H and O–H groups in total. The van der Waals surface area contributed by atoms with E-state index in [4.69, 9.17) is 26.6 Å². The van der Waals surface area contributed by atoms with Gasteiger partial charge in [-0.3, -0.25) is 0 Å². The summed E-state index contributed by atoms with van der Waals surface area (Å²) in [5.74, 6) is 0. The lowest BCUT2D eigenvalue weighted by Crippen LogP contribution is -2.77. The summed E-state index contributed by atoms with van der Waals surface area (Å²) in [5.41, 5.74) is -0.676. The Morgan fingerprint density at radius 3 is 0.667 bits per heavy atom. The summed E-state index contributed by atoms with van der Waals surface area (Å²) in [6.07, 6.45) is 0. The summed E-state index contributed by atoms with van der Waals surface area (Å²) in [7, 11) is -8.71. The highest BCUT2D eigenvalue weighted by molar-refractivity contribution is 6.97. The van der Waals surface area contributed by atoms with Crippen molar-refractivity contribution in [3.8, 4) is 0 Å². The molecule has 0 aromatic heterocycles. The number of ether oxygens (including phenoxy) is 3. The Morgan fingerprint density at radius 1 is 0.359 bits per heavy atom. The summed E-state index contributed by atoms with van der Waals surface area (Å²) in [4.78, 5) is 0. The van der Waals surface area contributed by atoms with Crippen LogP contribution in [0.5, 0.6) is 0 Å². The lowest BCUT2D eigenvalue weighted by Gasteiger charge is -2.63. The van der Waals surface area contributed by atoms with E-state index in [2.05, 4.69) is 125 Å². The van der Waals surface area contributed by atoms with Gasteiger partial charge in [0.2, 0.25) is 0 Å². The van der Waals surface area contributed by atoms with Crippen molar-refractivity contribution >= 4 is 25.7 Å². The highest BCUT2D eigenvalue weighted by atomic mass is 28.5. The average molecular weight is 607 g/mol. The average Bonchev–Trinajstić information content (AvgIpc) is 2.62. The van der Waals surface area contributed by atoms with Gasteiger partial charge in [0.25, 0.3) is 0 Å². The van der Waals surface area contributed by atoms with Gasteiger partial charge in [-0.15, -0.1) is 0 Å². The molecule has 1 aliphatic heterocycles. The molecule has 9 heteroatoms. The summed E-state index contributed by atoms with van der Waals surface area (Å²) in [6, 6.07) is 2.31. The van der Waals surface area contributed by atoms with E-state index in [0.717, 1.165) is 18.1 Å². The Morgan fingerprint density at radius 2 is 0.538 bits per heavy atom. The third-order valence-corrected chi connectivity index (χ3v) is 24.7. The van der Waals surface area contributed by atoms with Crippen LogP contribution in [0.15, 0.2) is 0 Å². The molecule has 0 unspecified atom stereocenters. The van der Waals surface area contributed by atoms with Crippen molar-refractivity contribution in [3.63, 3.8) is 0 Å². The summed E-state index contributed by atoms with van der Waals surface area (Å²) in [5, 5.41) is -0.539. The van der Waals surface area contributed by atoms with Gasteiger partial charge in [-0.2, -0.15) is 0 Å². The fourth-order valence-corrected chi connectivity index (χ4v) is 25.9. The van der Waals surface area contributed by atoms with Crippen molar-refractivity contribution in [2.24, 2.45) is 0 Å². The van der Waals surface area contributed by atoms with Crippen LogP contribution in [-0.4, -0.2) is 62.3 Å². The van der Waals surface area contributed by atoms with Crippen molar-refractivity contribution in [2.75, 3.05) is 19.8 Å². The van der Waals surface area contributed by atoms with Crippen molar-refractivity contribution < 1.29 is 26.6 Å². The van der Waals surface area contributed by atoms with E-state index in [0.29, 0.717) is 19.8 Å². The van der Waals surface area contributed by atoms with Crippen LogP contribution in [0.4, 0.5) is 0 Å². The van der Waals surface area contributed by atoms with Gasteiger partial charge in [-0.1, -0.05) is 62.3 Å². The zero-order valence-electron chi connectivity index (χ0n) is 29.2. The molecule has 1 saturated heterocycles. The molecule has 6 nitrogen and oxygen atoms in total. The minimum absolute atomic E-state index is 0.180. The van der Waals surface area contributed by atoms with E-state index in [9.17, 15) is 0 Å². The number of hydrogen-bond donors (Lipinski definition) is 0. The quantitative estimate of drug-likeness (QED) is 0.244. The van der Waals surface area contributed by atoms with Crippen LogP contribution >= 0.6 is 0 Å². The first-order chi connectivity index (χ1) is 17.0. The Balaban J connectivity index is 3.82. The fraction of sp³-hybridized carbons (Fsp3) is 1.00. The second-order valence-electron chi connectivity index (χ2n) is 17.4. The van der Waals surface area contributed by atoms with E-state index in [1.165, 1.54) is 0 Å². The maximum atomic E-state index is 7.59. The SMILES string of the molecule is CC(C)(C)OCC[Si]1(C(C)(C)C)O[Si](CCOC(C)(C)C)(C(C)(C)C)O[Si](CCOC(C)(C)C)(C(C)(C)C)O1. The van der Waals surface area contributed by atoms with Crippen molar-refractivity contribution in [1.82, 2.24) is 0 Å². The number of rotatable bonds is 9. The van der Waals surface area contributed by atoms with E-state index in [1.54, 1.807) is 0 Å². The molecule has 1 aliphatic rings. The maximum absolute atomic E-state index is 7.59. The minimum atomic E-state index is -2.90. The molecular weight excluding hydrogens is 541 g/mol. The molecule has 0 spiro atoms. The third kappa shape index (κ3) is 10.6. The van der Waals surface area contributed by atoms with Crippen molar-refractivity contribution in [1.29, 1.82) is 0 Å². The normalized spacial score (nSPS) is 28.2. The van der Waals surface area contributed by atoms with E-state index in [-0.39, 0.29) is 31.9 Å². The van der Waals surface area contributed by atoms with Gasteiger partial charge in [0.1, 0.15) is 0 Å². The van der Waals surface area contributed by atoms with E-state index >= 15 is 0 Å². The zero-order valence-corrected chi connectivity index (χ0v) is 32.2. The Bertz CT molecular complexity index is 663. The summed E-state index contributed by atoms with van der Waals surface area (Å²) in [6.45, 7) is 41.5. The molecule has 0 atom stereocenters. The third-order valence-electron chi connectivity index (χ3n) is 7.32. The standard InChI is InChI=1S/C30H66O6Si3/c1-25(2,3)31-19-22-37(28(10,11)12)34-38(29(13,14)15,23-20-32-26(4,5)6)36-39(35-37,30(16,17)18)24-21-33-27(7,8)9/h19-24H2,1-18H3. The van der Waals surface area contributed by atoms with Crippen LogP contribution in [0.1, 0.15) is 125 Å². The highest BCUT2D eigenvalue weighted by Crippen LogP contribution is 2.58. The molecule has 39 heavy (non-hydrogen) atoms. The first-order valence-corrected chi connectivity index (χ1v) is 21.1. The fourth-order valence-electron chi connectivity index (χ4n) is 4.69. The van der Waals surface area contributed by atoms with Crippen molar-refractivity contribution in [3.05, 3.63) is 0 Å². The Kier molecular flexibility index (Phi) is 11.7. The van der Waals surface area contributed by atoms with Crippen molar-refractivity contribution in [2.45, 2.75) is 175 Å². The van der Waals surface area contributed by atoms with Crippen LogP contribution in [-0.2, 0) is 26.6 Å². The smallest absolute Gasteiger partial charge is 0.328 e. The molecule has 0 amide bonds. The Labute approximate surface area is 246 Å². The molecule has 234 valence electrons. The molecule has 0 radical (unpaired) electrons. The topological polar surface area (TPSA) is 55.4 Å². The largest absolute Gasteiger partial charge is 0.415 e. The lowest BCUT2D eigenvalue weighted by molar-refractivity contribution is -0.00387. The first-order valence-electron chi connectivity index (χ1n) is 15.0. The second kappa shape index (κ2) is 12.2. The molecule has 1 rings (SSSR count). The molecule has 0 aromatic carbocycles. The first kappa shape index (κ1) is 37.4. The summed E-state index contributed by atoms with van der Waals surface area (Å²) < 4.78 is 41.7. The van der Waals surface area contributed by atoms with Gasteiger partial charge >= 0.3 is 25.7 Å². The van der Waals surface area contributed by atoms with Gasteiger partial charge in [0, 0.05) is 53.1 Å². The van der Waals surface area contributed by atoms with Crippen LogP contribution in [0, 0.1) is 0 Å². The highest BCUT2D eigenvalue weighted by Gasteiger charge is 2.71. The van der Waals surface area contributed by atoms with E-state index < -0.39 is 25.7 Å². The predicted octanol–water partition coefficient (Wildman–Crippen LogP) is 9.22. The molecular formula is C30H66O6Si3. The van der Waals surface area contributed by atoms with Gasteiger partial charge in [0.15, 0.2) is 0 Å². The minimum Gasteiger partial charge on any atom is -0.415 e. The molecule has 0 saturated carbocycles. The van der Waals surface area contributed by atoms with Crippen LogP contribution < -0.4 is 0 Å². The van der Waals surface area contributed by atoms with Gasteiger partial charge in [0.05, 0.1) is 16.8 Å². The lowest BCUT2D eigenvalue weighted by atomic mass is 10.2. The van der Waals surface area contributed by atoms with Gasteiger partial charge < -0.3 is 26.6 Å². The number of hydrogen-bond acceptors (Lipinski definition) is 6. The van der Waals surface area contributed by atoms with Gasteiger partial charge in [-0.25, -0.2) is 0 Å². The zero-order chi connectivity index (χ0) is 31.0. The van der Waals surface area contributed by atoms with Crippen LogP contribution in [0.3, 0.4) is 0 Å². The van der Waals surface area contributed by atoms with E-state index in [1.807, 2.05) is 0 Å². The second-order valence-corrected chi connectivity index (χ2v) is 30.4. The van der Waals surface area contributed by atoms with Crippen LogP contribution in [0.25, 0.3) is 0 Å². The Hall–Kier alpha value is 0.411. The predicted molar refractivity (Wildman–Crippen MR) is 171 cm³/mol. The monoisotopic (exact) mass is 606 g/mol. The molecule has 0 aromatic rings.